The molecule has 2 rings (SSSR count). The molecular weight excluding hydrogens is 275 g/mol. The van der Waals surface area contributed by atoms with Gasteiger partial charge in [-0.3, -0.25) is 4.79 Å². The summed E-state index contributed by atoms with van der Waals surface area (Å²) in [6.07, 6.45) is -4.06. The van der Waals surface area contributed by atoms with E-state index >= 15 is 0 Å². The number of esters is 1. The van der Waals surface area contributed by atoms with Crippen LogP contribution in [0.3, 0.4) is 0 Å². The van der Waals surface area contributed by atoms with E-state index in [0.29, 0.717) is 12.0 Å². The van der Waals surface area contributed by atoms with Crippen molar-refractivity contribution in [3.63, 3.8) is 0 Å². The summed E-state index contributed by atoms with van der Waals surface area (Å²) in [5.41, 5.74) is -0.317. The standard InChI is InChI=1S/C13H12F3NO3/c14-13(15,16)9-3-1-8(2-4-9)7-11(18)17-10-5-6-20-12(10)19/h1-4,10H,5-7H2,(H,17,18)/t10-/m0/s1. The lowest BCUT2D eigenvalue weighted by atomic mass is 10.1. The second-order valence-electron chi connectivity index (χ2n) is 4.45. The second kappa shape index (κ2) is 5.52. The van der Waals surface area contributed by atoms with Crippen LogP contribution in [-0.2, 0) is 26.9 Å². The molecule has 0 bridgehead atoms. The molecule has 108 valence electrons. The molecule has 0 unspecified atom stereocenters. The molecule has 1 N–H and O–H groups in total. The highest BCUT2D eigenvalue weighted by atomic mass is 19.4. The first kappa shape index (κ1) is 14.4. The van der Waals surface area contributed by atoms with Gasteiger partial charge in [-0.15, -0.1) is 0 Å². The van der Waals surface area contributed by atoms with Crippen molar-refractivity contribution in [3.05, 3.63) is 35.4 Å². The van der Waals surface area contributed by atoms with Gasteiger partial charge in [-0.2, -0.15) is 13.2 Å². The fourth-order valence-electron chi connectivity index (χ4n) is 1.87. The summed E-state index contributed by atoms with van der Waals surface area (Å²) < 4.78 is 41.8. The Labute approximate surface area is 112 Å². The van der Waals surface area contributed by atoms with Gasteiger partial charge in [-0.05, 0) is 17.7 Å². The Morgan fingerprint density at radius 2 is 1.95 bits per heavy atom. The quantitative estimate of drug-likeness (QED) is 0.861. The third kappa shape index (κ3) is 3.49. The van der Waals surface area contributed by atoms with Gasteiger partial charge >= 0.3 is 12.1 Å². The van der Waals surface area contributed by atoms with Crippen molar-refractivity contribution < 1.29 is 27.5 Å². The molecular formula is C13H12F3NO3. The van der Waals surface area contributed by atoms with Gasteiger partial charge in [-0.1, -0.05) is 12.1 Å². The van der Waals surface area contributed by atoms with Gasteiger partial charge in [0, 0.05) is 6.42 Å². The van der Waals surface area contributed by atoms with E-state index in [4.69, 9.17) is 4.74 Å². The number of rotatable bonds is 3. The average Bonchev–Trinajstić information content (AvgIpc) is 2.74. The summed E-state index contributed by atoms with van der Waals surface area (Å²) in [4.78, 5) is 22.8. The maximum Gasteiger partial charge on any atom is 0.416 e. The van der Waals surface area contributed by atoms with Crippen LogP contribution in [0.15, 0.2) is 24.3 Å². The van der Waals surface area contributed by atoms with Crippen LogP contribution in [0.5, 0.6) is 0 Å². The predicted molar refractivity (Wildman–Crippen MR) is 62.7 cm³/mol. The van der Waals surface area contributed by atoms with Gasteiger partial charge < -0.3 is 10.1 Å². The molecule has 0 aromatic heterocycles. The Balaban J connectivity index is 1.93. The van der Waals surface area contributed by atoms with Gasteiger partial charge in [0.1, 0.15) is 6.04 Å². The van der Waals surface area contributed by atoms with E-state index in [1.807, 2.05) is 0 Å². The maximum absolute atomic E-state index is 12.4. The van der Waals surface area contributed by atoms with E-state index in [-0.39, 0.29) is 13.0 Å². The predicted octanol–water partition coefficient (Wildman–Crippen LogP) is 1.68. The van der Waals surface area contributed by atoms with Crippen LogP contribution >= 0.6 is 0 Å². The van der Waals surface area contributed by atoms with Crippen molar-refractivity contribution in [1.82, 2.24) is 5.32 Å². The lowest BCUT2D eigenvalue weighted by Gasteiger charge is -2.10. The molecule has 1 heterocycles. The van der Waals surface area contributed by atoms with Crippen LogP contribution in [0.2, 0.25) is 0 Å². The molecule has 0 spiro atoms. The Hall–Kier alpha value is -2.05. The minimum absolute atomic E-state index is 0.0814. The van der Waals surface area contributed by atoms with E-state index in [1.165, 1.54) is 12.1 Å². The molecule has 1 fully saturated rings. The molecule has 20 heavy (non-hydrogen) atoms. The van der Waals surface area contributed by atoms with E-state index in [1.54, 1.807) is 0 Å². The van der Waals surface area contributed by atoms with Crippen molar-refractivity contribution in [1.29, 1.82) is 0 Å². The normalized spacial score (nSPS) is 18.8. The fourth-order valence-corrected chi connectivity index (χ4v) is 1.87. The topological polar surface area (TPSA) is 55.4 Å². The van der Waals surface area contributed by atoms with Crippen molar-refractivity contribution >= 4 is 11.9 Å². The first-order chi connectivity index (χ1) is 9.36. The van der Waals surface area contributed by atoms with E-state index in [9.17, 15) is 22.8 Å². The van der Waals surface area contributed by atoms with Crippen LogP contribution < -0.4 is 5.32 Å². The second-order valence-corrected chi connectivity index (χ2v) is 4.45. The number of halogens is 3. The summed E-state index contributed by atoms with van der Waals surface area (Å²) in [6.45, 7) is 0.268. The van der Waals surface area contributed by atoms with Crippen molar-refractivity contribution in [2.24, 2.45) is 0 Å². The van der Waals surface area contributed by atoms with Crippen LogP contribution in [0.25, 0.3) is 0 Å². The number of hydrogen-bond acceptors (Lipinski definition) is 3. The lowest BCUT2D eigenvalue weighted by Crippen LogP contribution is -2.38. The molecule has 1 aromatic carbocycles. The minimum atomic E-state index is -4.39. The SMILES string of the molecule is O=C(Cc1ccc(C(F)(F)F)cc1)N[C@H]1CCOC1=O. The first-order valence-electron chi connectivity index (χ1n) is 5.98. The monoisotopic (exact) mass is 287 g/mol. The summed E-state index contributed by atoms with van der Waals surface area (Å²) in [7, 11) is 0. The highest BCUT2D eigenvalue weighted by Gasteiger charge is 2.30. The lowest BCUT2D eigenvalue weighted by molar-refractivity contribution is -0.141. The largest absolute Gasteiger partial charge is 0.464 e. The van der Waals surface area contributed by atoms with Crippen molar-refractivity contribution in [2.45, 2.75) is 25.1 Å². The Kier molecular flexibility index (Phi) is 3.96. The average molecular weight is 287 g/mol. The summed E-state index contributed by atoms with van der Waals surface area (Å²) in [6, 6.07) is 3.68. The van der Waals surface area contributed by atoms with Crippen LogP contribution in [0.1, 0.15) is 17.5 Å². The molecule has 1 aliphatic rings. The maximum atomic E-state index is 12.4. The molecule has 1 atom stereocenters. The van der Waals surface area contributed by atoms with E-state index < -0.39 is 29.7 Å². The van der Waals surface area contributed by atoms with E-state index in [0.717, 1.165) is 12.1 Å². The van der Waals surface area contributed by atoms with E-state index in [2.05, 4.69) is 5.32 Å². The van der Waals surface area contributed by atoms with Gasteiger partial charge in [0.25, 0.3) is 0 Å². The smallest absolute Gasteiger partial charge is 0.416 e. The zero-order valence-corrected chi connectivity index (χ0v) is 10.4. The number of ether oxygens (including phenoxy) is 1. The number of benzene rings is 1. The number of alkyl halides is 3. The van der Waals surface area contributed by atoms with Crippen LogP contribution in [0.4, 0.5) is 13.2 Å². The van der Waals surface area contributed by atoms with Gasteiger partial charge in [0.05, 0.1) is 18.6 Å². The van der Waals surface area contributed by atoms with Gasteiger partial charge in [-0.25, -0.2) is 4.79 Å². The fraction of sp³-hybridized carbons (Fsp3) is 0.385. The number of amides is 1. The Bertz CT molecular complexity index is 511. The van der Waals surface area contributed by atoms with Gasteiger partial charge in [0.2, 0.25) is 5.91 Å². The van der Waals surface area contributed by atoms with Gasteiger partial charge in [0.15, 0.2) is 0 Å². The third-order valence-corrected chi connectivity index (χ3v) is 2.92. The molecule has 7 heteroatoms. The molecule has 0 radical (unpaired) electrons. The number of carbonyl (C=O) groups excluding carboxylic acids is 2. The molecule has 1 saturated heterocycles. The van der Waals surface area contributed by atoms with Crippen LogP contribution in [-0.4, -0.2) is 24.5 Å². The molecule has 1 amide bonds. The zero-order chi connectivity index (χ0) is 14.8. The summed E-state index contributed by atoms with van der Waals surface area (Å²) >= 11 is 0. The molecule has 1 aromatic rings. The third-order valence-electron chi connectivity index (χ3n) is 2.92. The number of cyclic esters (lactones) is 1. The highest BCUT2D eigenvalue weighted by molar-refractivity contribution is 5.86. The molecule has 4 nitrogen and oxygen atoms in total. The Morgan fingerprint density at radius 1 is 1.30 bits per heavy atom. The Morgan fingerprint density at radius 3 is 2.45 bits per heavy atom. The van der Waals surface area contributed by atoms with Crippen molar-refractivity contribution in [3.8, 4) is 0 Å². The first-order valence-corrected chi connectivity index (χ1v) is 5.98. The van der Waals surface area contributed by atoms with Crippen molar-refractivity contribution in [2.75, 3.05) is 6.61 Å². The summed E-state index contributed by atoms with van der Waals surface area (Å²) in [5, 5.41) is 2.49. The highest BCUT2D eigenvalue weighted by Crippen LogP contribution is 2.29. The number of hydrogen-bond donors (Lipinski definition) is 1. The number of nitrogens with one attached hydrogen (secondary N) is 1. The number of carbonyl (C=O) groups is 2. The molecule has 0 saturated carbocycles. The zero-order valence-electron chi connectivity index (χ0n) is 10.4. The minimum Gasteiger partial charge on any atom is -0.464 e. The molecule has 0 aliphatic carbocycles. The summed E-state index contributed by atoms with van der Waals surface area (Å²) in [5.74, 6) is -0.903. The van der Waals surface area contributed by atoms with Crippen LogP contribution in [0, 0.1) is 0 Å². The molecule has 1 aliphatic heterocycles.